The van der Waals surface area contributed by atoms with Crippen LogP contribution in [0, 0.1) is 12.8 Å². The maximum Gasteiger partial charge on any atom is 0.227 e. The number of hydrogen-bond acceptors (Lipinski definition) is 2. The zero-order valence-electron chi connectivity index (χ0n) is 13.8. The molecule has 0 aliphatic carbocycles. The molecule has 1 atom stereocenters. The Bertz CT molecular complexity index is 823. The molecule has 1 aliphatic heterocycles. The van der Waals surface area contributed by atoms with Gasteiger partial charge in [-0.1, -0.05) is 47.5 Å². The standard InChI is InChI=1S/C19H18Cl2N2O2/c1-12-4-2-3-5-13(12)10-22-19(25)14-8-18(24)23(11-14)17-9-15(20)6-7-16(17)21/h2-7,9,14H,8,10-11H2,1H3,(H,22,25). The van der Waals surface area contributed by atoms with Crippen LogP contribution in [0.4, 0.5) is 5.69 Å². The smallest absolute Gasteiger partial charge is 0.227 e. The van der Waals surface area contributed by atoms with Crippen LogP contribution in [0.1, 0.15) is 17.5 Å². The normalized spacial score (nSPS) is 17.0. The van der Waals surface area contributed by atoms with E-state index in [4.69, 9.17) is 23.2 Å². The number of carbonyl (C=O) groups is 2. The highest BCUT2D eigenvalue weighted by Crippen LogP contribution is 2.33. The third-order valence-corrected chi connectivity index (χ3v) is 4.96. The molecule has 2 aromatic carbocycles. The van der Waals surface area contributed by atoms with Gasteiger partial charge in [0.15, 0.2) is 0 Å². The SMILES string of the molecule is Cc1ccccc1CNC(=O)C1CC(=O)N(c2cc(Cl)ccc2Cl)C1. The van der Waals surface area contributed by atoms with Crippen molar-refractivity contribution in [2.45, 2.75) is 19.9 Å². The van der Waals surface area contributed by atoms with Crippen molar-refractivity contribution in [2.24, 2.45) is 5.92 Å². The van der Waals surface area contributed by atoms with Gasteiger partial charge in [-0.05, 0) is 36.2 Å². The first-order valence-electron chi connectivity index (χ1n) is 8.03. The lowest BCUT2D eigenvalue weighted by Crippen LogP contribution is -2.32. The van der Waals surface area contributed by atoms with Crippen LogP contribution in [0.15, 0.2) is 42.5 Å². The van der Waals surface area contributed by atoms with Gasteiger partial charge in [-0.15, -0.1) is 0 Å². The quantitative estimate of drug-likeness (QED) is 0.877. The number of benzene rings is 2. The molecule has 4 nitrogen and oxygen atoms in total. The Labute approximate surface area is 156 Å². The van der Waals surface area contributed by atoms with Gasteiger partial charge in [0.2, 0.25) is 11.8 Å². The predicted octanol–water partition coefficient (Wildman–Crippen LogP) is 3.97. The molecule has 0 spiro atoms. The molecule has 1 unspecified atom stereocenters. The van der Waals surface area contributed by atoms with E-state index in [2.05, 4.69) is 5.32 Å². The van der Waals surface area contributed by atoms with E-state index < -0.39 is 5.92 Å². The summed E-state index contributed by atoms with van der Waals surface area (Å²) in [5.74, 6) is -0.649. The number of carbonyl (C=O) groups excluding carboxylic acids is 2. The Balaban J connectivity index is 1.67. The molecule has 0 aromatic heterocycles. The van der Waals surface area contributed by atoms with E-state index in [1.807, 2.05) is 31.2 Å². The van der Waals surface area contributed by atoms with Crippen LogP contribution < -0.4 is 10.2 Å². The Hall–Kier alpha value is -2.04. The number of nitrogens with zero attached hydrogens (tertiary/aromatic N) is 1. The van der Waals surface area contributed by atoms with Gasteiger partial charge < -0.3 is 10.2 Å². The molecule has 0 radical (unpaired) electrons. The van der Waals surface area contributed by atoms with Crippen LogP contribution in [-0.2, 0) is 16.1 Å². The van der Waals surface area contributed by atoms with Gasteiger partial charge in [0.05, 0.1) is 16.6 Å². The molecule has 6 heteroatoms. The Morgan fingerprint density at radius 3 is 2.76 bits per heavy atom. The molecule has 1 saturated heterocycles. The summed E-state index contributed by atoms with van der Waals surface area (Å²) in [6, 6.07) is 12.9. The lowest BCUT2D eigenvalue weighted by atomic mass is 10.1. The molecule has 1 fully saturated rings. The summed E-state index contributed by atoms with van der Waals surface area (Å²) >= 11 is 12.2. The second-order valence-electron chi connectivity index (χ2n) is 6.15. The van der Waals surface area contributed by atoms with Crippen LogP contribution in [0.25, 0.3) is 0 Å². The molecule has 2 amide bonds. The fourth-order valence-corrected chi connectivity index (χ4v) is 3.33. The summed E-state index contributed by atoms with van der Waals surface area (Å²) in [6.07, 6.45) is 0.169. The maximum absolute atomic E-state index is 12.5. The minimum absolute atomic E-state index is 0.125. The van der Waals surface area contributed by atoms with E-state index in [1.54, 1.807) is 18.2 Å². The van der Waals surface area contributed by atoms with Crippen LogP contribution in [0.3, 0.4) is 0 Å². The van der Waals surface area contributed by atoms with E-state index in [9.17, 15) is 9.59 Å². The lowest BCUT2D eigenvalue weighted by Gasteiger charge is -2.18. The zero-order valence-corrected chi connectivity index (χ0v) is 15.3. The van der Waals surface area contributed by atoms with Gasteiger partial charge in [-0.2, -0.15) is 0 Å². The van der Waals surface area contributed by atoms with E-state index in [-0.39, 0.29) is 18.2 Å². The number of amides is 2. The average molecular weight is 377 g/mol. The number of halogens is 2. The van der Waals surface area contributed by atoms with Gasteiger partial charge in [-0.25, -0.2) is 0 Å². The van der Waals surface area contributed by atoms with Crippen LogP contribution in [0.5, 0.6) is 0 Å². The van der Waals surface area contributed by atoms with E-state index >= 15 is 0 Å². The summed E-state index contributed by atoms with van der Waals surface area (Å²) < 4.78 is 0. The number of rotatable bonds is 4. The van der Waals surface area contributed by atoms with Gasteiger partial charge in [0.1, 0.15) is 0 Å². The largest absolute Gasteiger partial charge is 0.352 e. The van der Waals surface area contributed by atoms with Crippen molar-refractivity contribution in [3.63, 3.8) is 0 Å². The molecular formula is C19H18Cl2N2O2. The number of hydrogen-bond donors (Lipinski definition) is 1. The Morgan fingerprint density at radius 1 is 1.24 bits per heavy atom. The number of nitrogens with one attached hydrogen (secondary N) is 1. The Morgan fingerprint density at radius 2 is 2.00 bits per heavy atom. The fourth-order valence-electron chi connectivity index (χ4n) is 2.94. The molecule has 2 aromatic rings. The van der Waals surface area contributed by atoms with E-state index in [0.717, 1.165) is 11.1 Å². The molecular weight excluding hydrogens is 359 g/mol. The predicted molar refractivity (Wildman–Crippen MR) is 99.9 cm³/mol. The van der Waals surface area contributed by atoms with Gasteiger partial charge in [0, 0.05) is 24.5 Å². The van der Waals surface area contributed by atoms with Crippen molar-refractivity contribution in [1.82, 2.24) is 5.32 Å². The van der Waals surface area contributed by atoms with Crippen molar-refractivity contribution < 1.29 is 9.59 Å². The van der Waals surface area contributed by atoms with Crippen LogP contribution in [-0.4, -0.2) is 18.4 Å². The molecule has 1 heterocycles. The van der Waals surface area contributed by atoms with Gasteiger partial charge in [0.25, 0.3) is 0 Å². The maximum atomic E-state index is 12.5. The van der Waals surface area contributed by atoms with Crippen molar-refractivity contribution in [2.75, 3.05) is 11.4 Å². The fraction of sp³-hybridized carbons (Fsp3) is 0.263. The average Bonchev–Trinajstić information content (AvgIpc) is 2.98. The van der Waals surface area contributed by atoms with E-state index in [1.165, 1.54) is 4.90 Å². The van der Waals surface area contributed by atoms with Gasteiger partial charge >= 0.3 is 0 Å². The Kier molecular flexibility index (Phi) is 5.30. The molecule has 1 N–H and O–H groups in total. The molecule has 130 valence electrons. The van der Waals surface area contributed by atoms with Crippen molar-refractivity contribution in [3.8, 4) is 0 Å². The third-order valence-electron chi connectivity index (χ3n) is 4.41. The monoisotopic (exact) mass is 376 g/mol. The molecule has 0 bridgehead atoms. The van der Waals surface area contributed by atoms with Crippen molar-refractivity contribution in [1.29, 1.82) is 0 Å². The number of aryl methyl sites for hydroxylation is 1. The van der Waals surface area contributed by atoms with Crippen LogP contribution >= 0.6 is 23.2 Å². The van der Waals surface area contributed by atoms with Crippen molar-refractivity contribution >= 4 is 40.7 Å². The van der Waals surface area contributed by atoms with Gasteiger partial charge in [-0.3, -0.25) is 9.59 Å². The zero-order chi connectivity index (χ0) is 18.0. The minimum atomic E-state index is -0.397. The highest BCUT2D eigenvalue weighted by atomic mass is 35.5. The van der Waals surface area contributed by atoms with Crippen molar-refractivity contribution in [3.05, 3.63) is 63.6 Å². The number of anilines is 1. The first kappa shape index (κ1) is 17.8. The highest BCUT2D eigenvalue weighted by molar-refractivity contribution is 6.35. The first-order valence-corrected chi connectivity index (χ1v) is 8.79. The third kappa shape index (κ3) is 3.97. The first-order chi connectivity index (χ1) is 12.0. The highest BCUT2D eigenvalue weighted by Gasteiger charge is 2.35. The summed E-state index contributed by atoms with van der Waals surface area (Å²) in [5.41, 5.74) is 2.74. The summed E-state index contributed by atoms with van der Waals surface area (Å²) in [4.78, 5) is 26.3. The lowest BCUT2D eigenvalue weighted by molar-refractivity contribution is -0.126. The summed E-state index contributed by atoms with van der Waals surface area (Å²) in [7, 11) is 0. The second-order valence-corrected chi connectivity index (χ2v) is 6.99. The minimum Gasteiger partial charge on any atom is -0.352 e. The molecule has 25 heavy (non-hydrogen) atoms. The topological polar surface area (TPSA) is 49.4 Å². The molecule has 3 rings (SSSR count). The molecule has 1 aliphatic rings. The van der Waals surface area contributed by atoms with E-state index in [0.29, 0.717) is 28.8 Å². The molecule has 0 saturated carbocycles. The summed E-state index contributed by atoms with van der Waals surface area (Å²) in [6.45, 7) is 2.76. The van der Waals surface area contributed by atoms with Crippen LogP contribution in [0.2, 0.25) is 10.0 Å². The summed E-state index contributed by atoms with van der Waals surface area (Å²) in [5, 5.41) is 3.87. The second kappa shape index (κ2) is 7.46.